The molecule has 32 heavy (non-hydrogen) atoms. The molecule has 0 aliphatic rings. The number of nitrogens with zero attached hydrogens (tertiary/aromatic N) is 4. The van der Waals surface area contributed by atoms with E-state index in [2.05, 4.69) is 15.3 Å². The van der Waals surface area contributed by atoms with E-state index in [1.165, 1.54) is 17.0 Å². The van der Waals surface area contributed by atoms with Crippen LogP contribution < -0.4 is 16.6 Å². The predicted octanol–water partition coefficient (Wildman–Crippen LogP) is 2.45. The van der Waals surface area contributed by atoms with Crippen LogP contribution in [0, 0.1) is 13.8 Å². The van der Waals surface area contributed by atoms with Crippen molar-refractivity contribution in [3.63, 3.8) is 0 Å². The number of rotatable bonds is 6. The van der Waals surface area contributed by atoms with Crippen molar-refractivity contribution < 1.29 is 4.79 Å². The number of carbonyl (C=O) groups is 1. The summed E-state index contributed by atoms with van der Waals surface area (Å²) in [7, 11) is 0. The molecule has 2 aromatic heterocycles. The van der Waals surface area contributed by atoms with Crippen molar-refractivity contribution in [1.29, 1.82) is 0 Å². The molecule has 0 atom stereocenters. The van der Waals surface area contributed by atoms with E-state index in [0.717, 1.165) is 21.3 Å². The van der Waals surface area contributed by atoms with E-state index in [9.17, 15) is 14.4 Å². The molecular formula is C24H23N5O3. The van der Waals surface area contributed by atoms with Crippen molar-refractivity contribution in [3.05, 3.63) is 98.5 Å². The van der Waals surface area contributed by atoms with Crippen LogP contribution in [0.1, 0.15) is 16.7 Å². The lowest BCUT2D eigenvalue weighted by molar-refractivity contribution is -0.116. The Morgan fingerprint density at radius 1 is 0.938 bits per heavy atom. The van der Waals surface area contributed by atoms with Crippen LogP contribution in [0.15, 0.2) is 70.5 Å². The number of aromatic nitrogens is 4. The molecule has 1 N–H and O–H groups in total. The zero-order valence-electron chi connectivity index (χ0n) is 17.9. The fourth-order valence-corrected chi connectivity index (χ4v) is 3.75. The van der Waals surface area contributed by atoms with Crippen molar-refractivity contribution in [2.75, 3.05) is 5.32 Å². The molecular weight excluding hydrogens is 406 g/mol. The average molecular weight is 429 g/mol. The van der Waals surface area contributed by atoms with Crippen molar-refractivity contribution in [2.24, 2.45) is 0 Å². The highest BCUT2D eigenvalue weighted by atomic mass is 16.2. The van der Waals surface area contributed by atoms with Gasteiger partial charge in [-0.2, -0.15) is 0 Å². The smallest absolute Gasteiger partial charge is 0.325 e. The third kappa shape index (κ3) is 4.49. The van der Waals surface area contributed by atoms with Gasteiger partial charge < -0.3 is 5.32 Å². The SMILES string of the molecule is Cc1cc(C)cc(NC(=O)Cn2c(=O)n(CCc3ccccc3)c(=O)c3nccnc32)c1. The number of carbonyl (C=O) groups excluding carboxylic acids is 1. The van der Waals surface area contributed by atoms with Crippen LogP contribution in [0.3, 0.4) is 0 Å². The monoisotopic (exact) mass is 429 g/mol. The van der Waals surface area contributed by atoms with Crippen molar-refractivity contribution in [1.82, 2.24) is 19.1 Å². The highest BCUT2D eigenvalue weighted by Crippen LogP contribution is 2.14. The van der Waals surface area contributed by atoms with E-state index in [1.807, 2.05) is 62.4 Å². The van der Waals surface area contributed by atoms with E-state index >= 15 is 0 Å². The Balaban J connectivity index is 1.69. The zero-order valence-corrected chi connectivity index (χ0v) is 17.9. The molecule has 8 heteroatoms. The molecule has 0 bridgehead atoms. The number of hydrogen-bond acceptors (Lipinski definition) is 5. The van der Waals surface area contributed by atoms with Gasteiger partial charge in [0.15, 0.2) is 11.2 Å². The van der Waals surface area contributed by atoms with Crippen molar-refractivity contribution in [3.8, 4) is 0 Å². The van der Waals surface area contributed by atoms with Crippen molar-refractivity contribution >= 4 is 22.8 Å². The minimum Gasteiger partial charge on any atom is -0.325 e. The van der Waals surface area contributed by atoms with Crippen LogP contribution in [0.25, 0.3) is 11.2 Å². The normalized spacial score (nSPS) is 10.9. The lowest BCUT2D eigenvalue weighted by atomic mass is 10.1. The molecule has 0 fully saturated rings. The van der Waals surface area contributed by atoms with Gasteiger partial charge in [-0.25, -0.2) is 14.8 Å². The van der Waals surface area contributed by atoms with Gasteiger partial charge in [0, 0.05) is 24.6 Å². The summed E-state index contributed by atoms with van der Waals surface area (Å²) in [6.45, 7) is 3.78. The topological polar surface area (TPSA) is 98.9 Å². The molecule has 2 heterocycles. The first-order valence-electron chi connectivity index (χ1n) is 10.3. The quantitative estimate of drug-likeness (QED) is 0.508. The van der Waals surface area contributed by atoms with E-state index in [4.69, 9.17) is 0 Å². The molecule has 0 radical (unpaired) electrons. The summed E-state index contributed by atoms with van der Waals surface area (Å²) in [4.78, 5) is 47.2. The summed E-state index contributed by atoms with van der Waals surface area (Å²) >= 11 is 0. The van der Waals surface area contributed by atoms with E-state index in [-0.39, 0.29) is 24.3 Å². The summed E-state index contributed by atoms with van der Waals surface area (Å²) in [5.74, 6) is -0.391. The molecule has 1 amide bonds. The van der Waals surface area contributed by atoms with Gasteiger partial charge in [-0.15, -0.1) is 0 Å². The van der Waals surface area contributed by atoms with Gasteiger partial charge in [0.2, 0.25) is 5.91 Å². The standard InChI is InChI=1S/C24H23N5O3/c1-16-12-17(2)14-19(13-16)27-20(30)15-29-22-21(25-9-10-26-22)23(31)28(24(29)32)11-8-18-6-4-3-5-7-18/h3-7,9-10,12-14H,8,11,15H2,1-2H3,(H,27,30). The van der Waals surface area contributed by atoms with Gasteiger partial charge in [-0.3, -0.25) is 18.7 Å². The van der Waals surface area contributed by atoms with Crippen LogP contribution >= 0.6 is 0 Å². The van der Waals surface area contributed by atoms with Crippen LogP contribution in [-0.4, -0.2) is 25.0 Å². The molecule has 0 aliphatic carbocycles. The lowest BCUT2D eigenvalue weighted by Crippen LogP contribution is -2.42. The Kier molecular flexibility index (Phi) is 5.93. The second-order valence-corrected chi connectivity index (χ2v) is 7.71. The lowest BCUT2D eigenvalue weighted by Gasteiger charge is -2.13. The van der Waals surface area contributed by atoms with Crippen LogP contribution in [0.4, 0.5) is 5.69 Å². The average Bonchev–Trinajstić information content (AvgIpc) is 2.76. The van der Waals surface area contributed by atoms with Gasteiger partial charge in [0.1, 0.15) is 6.54 Å². The van der Waals surface area contributed by atoms with Crippen LogP contribution in [0.2, 0.25) is 0 Å². The maximum Gasteiger partial charge on any atom is 0.333 e. The van der Waals surface area contributed by atoms with Gasteiger partial charge in [0.05, 0.1) is 0 Å². The number of benzene rings is 2. The summed E-state index contributed by atoms with van der Waals surface area (Å²) in [6.07, 6.45) is 3.29. The Bertz CT molecular complexity index is 1390. The third-order valence-electron chi connectivity index (χ3n) is 5.12. The number of anilines is 1. The molecule has 0 saturated heterocycles. The maximum atomic E-state index is 13.2. The molecule has 4 aromatic rings. The third-order valence-corrected chi connectivity index (χ3v) is 5.12. The van der Waals surface area contributed by atoms with E-state index in [0.29, 0.717) is 12.1 Å². The first kappa shape index (κ1) is 21.2. The highest BCUT2D eigenvalue weighted by Gasteiger charge is 2.17. The van der Waals surface area contributed by atoms with E-state index in [1.54, 1.807) is 0 Å². The number of hydrogen-bond donors (Lipinski definition) is 1. The number of aryl methyl sites for hydroxylation is 3. The highest BCUT2D eigenvalue weighted by molar-refractivity contribution is 5.91. The van der Waals surface area contributed by atoms with Crippen molar-refractivity contribution in [2.45, 2.75) is 33.4 Å². The van der Waals surface area contributed by atoms with Crippen LogP contribution in [-0.2, 0) is 24.3 Å². The second-order valence-electron chi connectivity index (χ2n) is 7.71. The minimum atomic E-state index is -0.588. The molecule has 8 nitrogen and oxygen atoms in total. The second kappa shape index (κ2) is 8.97. The first-order chi connectivity index (χ1) is 15.4. The number of nitrogens with one attached hydrogen (secondary N) is 1. The summed E-state index contributed by atoms with van der Waals surface area (Å²) in [5, 5.41) is 2.82. The summed E-state index contributed by atoms with van der Waals surface area (Å²) in [6, 6.07) is 15.3. The Labute approximate surface area is 184 Å². The van der Waals surface area contributed by atoms with Gasteiger partial charge in [0.25, 0.3) is 5.56 Å². The molecule has 0 unspecified atom stereocenters. The predicted molar refractivity (Wildman–Crippen MR) is 123 cm³/mol. The summed E-state index contributed by atoms with van der Waals surface area (Å²) < 4.78 is 2.32. The van der Waals surface area contributed by atoms with Gasteiger partial charge >= 0.3 is 5.69 Å². The minimum absolute atomic E-state index is 0.0550. The van der Waals surface area contributed by atoms with E-state index < -0.39 is 17.2 Å². The maximum absolute atomic E-state index is 13.2. The first-order valence-corrected chi connectivity index (χ1v) is 10.3. The van der Waals surface area contributed by atoms with Gasteiger partial charge in [-0.05, 0) is 49.1 Å². The Hall–Kier alpha value is -4.07. The molecule has 0 saturated carbocycles. The molecule has 0 spiro atoms. The Morgan fingerprint density at radius 3 is 2.34 bits per heavy atom. The summed E-state index contributed by atoms with van der Waals surface area (Å²) in [5.41, 5.74) is 2.72. The van der Waals surface area contributed by atoms with Crippen LogP contribution in [0.5, 0.6) is 0 Å². The molecule has 4 rings (SSSR count). The van der Waals surface area contributed by atoms with Gasteiger partial charge in [-0.1, -0.05) is 36.4 Å². The molecule has 162 valence electrons. The fraction of sp³-hybridized carbons (Fsp3) is 0.208. The molecule has 0 aliphatic heterocycles. The zero-order chi connectivity index (χ0) is 22.7. The Morgan fingerprint density at radius 2 is 1.62 bits per heavy atom. The molecule has 2 aromatic carbocycles. The number of fused-ring (bicyclic) bond motifs is 1. The number of amides is 1. The fourth-order valence-electron chi connectivity index (χ4n) is 3.75. The largest absolute Gasteiger partial charge is 0.333 e.